The smallest absolute Gasteiger partial charge is 0.264 e. The van der Waals surface area contributed by atoms with Crippen molar-refractivity contribution in [3.63, 3.8) is 0 Å². The normalized spacial score (nSPS) is 23.5. The van der Waals surface area contributed by atoms with Crippen molar-refractivity contribution >= 4 is 27.5 Å². The summed E-state index contributed by atoms with van der Waals surface area (Å²) in [6.07, 6.45) is 8.93. The molecule has 1 saturated carbocycles. The summed E-state index contributed by atoms with van der Waals surface area (Å²) in [6, 6.07) is 10.7. The molecule has 2 fully saturated rings. The van der Waals surface area contributed by atoms with Crippen molar-refractivity contribution in [2.75, 3.05) is 27.2 Å². The summed E-state index contributed by atoms with van der Waals surface area (Å²) in [5, 5.41) is 4.74. The number of benzene rings is 1. The molecule has 1 amide bonds. The molecule has 1 aromatic carbocycles. The average Bonchev–Trinajstić information content (AvgIpc) is 3.56. The highest BCUT2D eigenvalue weighted by atomic mass is 32.1. The SMILES string of the molecule is CCOC(C1CCC(c2ncnc3sc(C(=O)N(C)C)c(-c4ccccc4)c23)CC1)C1CCCN1. The van der Waals surface area contributed by atoms with Crippen LogP contribution in [-0.4, -0.2) is 60.2 Å². The van der Waals surface area contributed by atoms with Crippen molar-refractivity contribution in [1.82, 2.24) is 20.2 Å². The van der Waals surface area contributed by atoms with Gasteiger partial charge in [0.15, 0.2) is 0 Å². The van der Waals surface area contributed by atoms with Crippen LogP contribution in [0.3, 0.4) is 0 Å². The fourth-order valence-electron chi connectivity index (χ4n) is 5.99. The van der Waals surface area contributed by atoms with E-state index in [1.807, 2.05) is 32.3 Å². The Balaban J connectivity index is 1.48. The quantitative estimate of drug-likeness (QED) is 0.472. The summed E-state index contributed by atoms with van der Waals surface area (Å²) in [5.41, 5.74) is 3.15. The van der Waals surface area contributed by atoms with Crippen LogP contribution in [-0.2, 0) is 4.74 Å². The maximum Gasteiger partial charge on any atom is 0.264 e. The Morgan fingerprint density at radius 2 is 1.91 bits per heavy atom. The van der Waals surface area contributed by atoms with Gasteiger partial charge in [-0.15, -0.1) is 11.3 Å². The second-order valence-corrected chi connectivity index (χ2v) is 11.0. The van der Waals surface area contributed by atoms with Gasteiger partial charge in [-0.2, -0.15) is 0 Å². The minimum atomic E-state index is 0.0186. The molecule has 0 radical (unpaired) electrons. The van der Waals surface area contributed by atoms with Crippen LogP contribution in [0.5, 0.6) is 0 Å². The van der Waals surface area contributed by atoms with E-state index in [1.165, 1.54) is 24.2 Å². The highest BCUT2D eigenvalue weighted by molar-refractivity contribution is 7.21. The molecule has 186 valence electrons. The van der Waals surface area contributed by atoms with Gasteiger partial charge in [0.2, 0.25) is 0 Å². The zero-order chi connectivity index (χ0) is 24.4. The minimum Gasteiger partial charge on any atom is -0.377 e. The van der Waals surface area contributed by atoms with Crippen LogP contribution >= 0.6 is 11.3 Å². The number of rotatable bonds is 7. The fourth-order valence-corrected chi connectivity index (χ4v) is 7.18. The van der Waals surface area contributed by atoms with Crippen molar-refractivity contribution in [3.05, 3.63) is 47.2 Å². The molecular formula is C28H36N4O2S. The highest BCUT2D eigenvalue weighted by Crippen LogP contribution is 2.45. The van der Waals surface area contributed by atoms with Gasteiger partial charge in [-0.1, -0.05) is 30.3 Å². The largest absolute Gasteiger partial charge is 0.377 e. The summed E-state index contributed by atoms with van der Waals surface area (Å²) in [5.74, 6) is 0.973. The Labute approximate surface area is 212 Å². The van der Waals surface area contributed by atoms with E-state index in [4.69, 9.17) is 9.72 Å². The maximum absolute atomic E-state index is 13.2. The standard InChI is InChI=1S/C28H36N4O2S/c1-4-34-25(21-11-8-16-29-21)20-14-12-19(13-15-20)24-23-22(18-9-6-5-7-10-18)26(28(33)32(2)3)35-27(23)31-17-30-24/h5-7,9-10,17,19-21,25,29H,4,8,11-16H2,1-3H3. The molecule has 2 atom stereocenters. The lowest BCUT2D eigenvalue weighted by Crippen LogP contribution is -2.43. The van der Waals surface area contributed by atoms with E-state index in [-0.39, 0.29) is 5.91 Å². The van der Waals surface area contributed by atoms with Gasteiger partial charge in [0.05, 0.1) is 11.8 Å². The predicted octanol–water partition coefficient (Wildman–Crippen LogP) is 5.49. The first kappa shape index (κ1) is 24.3. The van der Waals surface area contributed by atoms with Crippen LogP contribution in [0.1, 0.15) is 66.7 Å². The van der Waals surface area contributed by atoms with E-state index < -0.39 is 0 Å². The Morgan fingerprint density at radius 3 is 2.57 bits per heavy atom. The molecule has 1 N–H and O–H groups in total. The lowest BCUT2D eigenvalue weighted by atomic mass is 9.75. The van der Waals surface area contributed by atoms with Crippen molar-refractivity contribution in [2.45, 2.75) is 63.5 Å². The summed E-state index contributed by atoms with van der Waals surface area (Å²) >= 11 is 1.49. The summed E-state index contributed by atoms with van der Waals surface area (Å²) < 4.78 is 6.28. The van der Waals surface area contributed by atoms with Gasteiger partial charge < -0.3 is 15.0 Å². The van der Waals surface area contributed by atoms with Crippen LogP contribution in [0.25, 0.3) is 21.3 Å². The van der Waals surface area contributed by atoms with E-state index in [0.29, 0.717) is 24.0 Å². The van der Waals surface area contributed by atoms with Crippen molar-refractivity contribution in [3.8, 4) is 11.1 Å². The molecule has 6 nitrogen and oxygen atoms in total. The third-order valence-electron chi connectivity index (χ3n) is 7.66. The number of carbonyl (C=O) groups is 1. The van der Waals surface area contributed by atoms with Crippen LogP contribution in [0.15, 0.2) is 36.7 Å². The Bertz CT molecular complexity index is 1150. The molecule has 5 rings (SSSR count). The minimum absolute atomic E-state index is 0.0186. The maximum atomic E-state index is 13.2. The van der Waals surface area contributed by atoms with Crippen LogP contribution in [0, 0.1) is 5.92 Å². The van der Waals surface area contributed by atoms with Gasteiger partial charge in [-0.05, 0) is 63.5 Å². The molecule has 2 aliphatic rings. The van der Waals surface area contributed by atoms with Crippen molar-refractivity contribution < 1.29 is 9.53 Å². The lowest BCUT2D eigenvalue weighted by molar-refractivity contribution is -0.0151. The Hall–Kier alpha value is -2.35. The molecule has 35 heavy (non-hydrogen) atoms. The van der Waals surface area contributed by atoms with Gasteiger partial charge in [-0.25, -0.2) is 9.97 Å². The predicted molar refractivity (Wildman–Crippen MR) is 142 cm³/mol. The molecule has 0 bridgehead atoms. The van der Waals surface area contributed by atoms with Crippen LogP contribution in [0.2, 0.25) is 0 Å². The molecule has 1 saturated heterocycles. The van der Waals surface area contributed by atoms with Crippen LogP contribution in [0.4, 0.5) is 0 Å². The average molecular weight is 493 g/mol. The molecule has 3 heterocycles. The third kappa shape index (κ3) is 4.86. The van der Waals surface area contributed by atoms with Gasteiger partial charge in [0.1, 0.15) is 16.0 Å². The van der Waals surface area contributed by atoms with Crippen LogP contribution < -0.4 is 5.32 Å². The summed E-state index contributed by atoms with van der Waals surface area (Å²) in [6.45, 7) is 3.99. The number of aromatic nitrogens is 2. The second-order valence-electron chi connectivity index (χ2n) is 10.0. The lowest BCUT2D eigenvalue weighted by Gasteiger charge is -2.36. The van der Waals surface area contributed by atoms with E-state index >= 15 is 0 Å². The Kier molecular flexibility index (Phi) is 7.46. The zero-order valence-corrected chi connectivity index (χ0v) is 21.8. The first-order chi connectivity index (χ1) is 17.1. The van der Waals surface area contributed by atoms with E-state index in [0.717, 1.165) is 70.7 Å². The summed E-state index contributed by atoms with van der Waals surface area (Å²) in [4.78, 5) is 25.9. The highest BCUT2D eigenvalue weighted by Gasteiger charge is 2.36. The molecule has 3 aromatic rings. The number of thiophene rings is 1. The van der Waals surface area contributed by atoms with E-state index in [1.54, 1.807) is 11.2 Å². The van der Waals surface area contributed by atoms with E-state index in [2.05, 4.69) is 29.4 Å². The first-order valence-electron chi connectivity index (χ1n) is 13.0. The van der Waals surface area contributed by atoms with Gasteiger partial charge in [0, 0.05) is 43.6 Å². The number of hydrogen-bond acceptors (Lipinski definition) is 6. The van der Waals surface area contributed by atoms with E-state index in [9.17, 15) is 4.79 Å². The van der Waals surface area contributed by atoms with Crippen molar-refractivity contribution in [2.24, 2.45) is 5.92 Å². The molecule has 1 aliphatic carbocycles. The number of amides is 1. The fraction of sp³-hybridized carbons (Fsp3) is 0.536. The van der Waals surface area contributed by atoms with Gasteiger partial charge in [0.25, 0.3) is 5.91 Å². The first-order valence-corrected chi connectivity index (χ1v) is 13.8. The molecule has 7 heteroatoms. The molecule has 0 spiro atoms. The van der Waals surface area contributed by atoms with Gasteiger partial charge >= 0.3 is 0 Å². The Morgan fingerprint density at radius 1 is 1.14 bits per heavy atom. The number of hydrogen-bond donors (Lipinski definition) is 1. The second kappa shape index (κ2) is 10.7. The molecule has 1 aliphatic heterocycles. The summed E-state index contributed by atoms with van der Waals surface area (Å²) in [7, 11) is 3.62. The molecular weight excluding hydrogens is 456 g/mol. The number of nitrogens with zero attached hydrogens (tertiary/aromatic N) is 3. The van der Waals surface area contributed by atoms with Gasteiger partial charge in [-0.3, -0.25) is 4.79 Å². The zero-order valence-electron chi connectivity index (χ0n) is 21.0. The number of carbonyl (C=O) groups excluding carboxylic acids is 1. The topological polar surface area (TPSA) is 67.4 Å². The number of fused-ring (bicyclic) bond motifs is 1. The molecule has 2 unspecified atom stereocenters. The van der Waals surface area contributed by atoms with Crippen molar-refractivity contribution in [1.29, 1.82) is 0 Å². The molecule has 2 aromatic heterocycles. The third-order valence-corrected chi connectivity index (χ3v) is 8.74. The number of nitrogens with one attached hydrogen (secondary N) is 1. The monoisotopic (exact) mass is 492 g/mol. The number of ether oxygens (including phenoxy) is 1.